The van der Waals surface area contributed by atoms with Crippen molar-refractivity contribution in [3.05, 3.63) is 22.4 Å². The van der Waals surface area contributed by atoms with Crippen molar-refractivity contribution >= 4 is 29.7 Å². The normalized spacial score (nSPS) is 21.0. The zero-order valence-electron chi connectivity index (χ0n) is 12.6. The van der Waals surface area contributed by atoms with Crippen molar-refractivity contribution in [2.75, 3.05) is 6.54 Å². The summed E-state index contributed by atoms with van der Waals surface area (Å²) < 4.78 is 0. The monoisotopic (exact) mass is 330 g/mol. The Bertz CT molecular complexity index is 397. The third-order valence-electron chi connectivity index (χ3n) is 4.22. The highest BCUT2D eigenvalue weighted by Crippen LogP contribution is 2.24. The van der Waals surface area contributed by atoms with E-state index in [-0.39, 0.29) is 18.3 Å². The van der Waals surface area contributed by atoms with Gasteiger partial charge in [-0.25, -0.2) is 0 Å². The van der Waals surface area contributed by atoms with E-state index in [1.54, 1.807) is 0 Å². The summed E-state index contributed by atoms with van der Waals surface area (Å²) in [6.07, 6.45) is 8.60. The van der Waals surface area contributed by atoms with Gasteiger partial charge in [0.1, 0.15) is 0 Å². The number of thiophene rings is 1. The topological polar surface area (TPSA) is 55.1 Å². The van der Waals surface area contributed by atoms with Gasteiger partial charge in [0.05, 0.1) is 0 Å². The van der Waals surface area contributed by atoms with Crippen molar-refractivity contribution in [2.24, 2.45) is 11.7 Å². The fourth-order valence-electron chi connectivity index (χ4n) is 3.00. The van der Waals surface area contributed by atoms with Gasteiger partial charge in [0.15, 0.2) is 0 Å². The first kappa shape index (κ1) is 18.5. The number of unbranched alkanes of at least 4 members (excludes halogenated alkanes) is 2. The summed E-state index contributed by atoms with van der Waals surface area (Å²) in [6.45, 7) is 0.700. The highest BCUT2D eigenvalue weighted by atomic mass is 35.5. The van der Waals surface area contributed by atoms with E-state index in [2.05, 4.69) is 22.8 Å². The predicted octanol–water partition coefficient (Wildman–Crippen LogP) is 3.52. The summed E-state index contributed by atoms with van der Waals surface area (Å²) in [7, 11) is 0. The van der Waals surface area contributed by atoms with Crippen LogP contribution in [-0.4, -0.2) is 18.5 Å². The van der Waals surface area contributed by atoms with E-state index in [1.807, 2.05) is 11.3 Å². The molecule has 0 radical (unpaired) electrons. The largest absolute Gasteiger partial charge is 0.353 e. The van der Waals surface area contributed by atoms with Crippen LogP contribution in [0.3, 0.4) is 0 Å². The minimum Gasteiger partial charge on any atom is -0.353 e. The highest BCUT2D eigenvalue weighted by molar-refractivity contribution is 7.09. The highest BCUT2D eigenvalue weighted by Gasteiger charge is 2.26. The lowest BCUT2D eigenvalue weighted by Crippen LogP contribution is -2.39. The number of rotatable bonds is 8. The van der Waals surface area contributed by atoms with Gasteiger partial charge in [-0.3, -0.25) is 4.79 Å². The second-order valence-electron chi connectivity index (χ2n) is 5.74. The molecular formula is C16H27ClN2OS. The summed E-state index contributed by atoms with van der Waals surface area (Å²) in [5.41, 5.74) is 5.74. The maximum atomic E-state index is 11.9. The number of amides is 1. The fourth-order valence-corrected chi connectivity index (χ4v) is 3.76. The van der Waals surface area contributed by atoms with E-state index in [0.29, 0.717) is 24.9 Å². The smallest absolute Gasteiger partial charge is 0.220 e. The van der Waals surface area contributed by atoms with Crippen LogP contribution in [0.15, 0.2) is 17.5 Å². The van der Waals surface area contributed by atoms with Crippen LogP contribution in [-0.2, 0) is 11.2 Å². The number of nitrogens with two attached hydrogens (primary N) is 1. The van der Waals surface area contributed by atoms with E-state index < -0.39 is 0 Å². The lowest BCUT2D eigenvalue weighted by Gasteiger charge is -2.19. The number of hydrogen-bond acceptors (Lipinski definition) is 3. The average molecular weight is 331 g/mol. The molecule has 120 valence electrons. The van der Waals surface area contributed by atoms with E-state index in [9.17, 15) is 4.79 Å². The first-order chi connectivity index (χ1) is 9.79. The third-order valence-corrected chi connectivity index (χ3v) is 5.15. The molecule has 0 aliphatic heterocycles. The van der Waals surface area contributed by atoms with Crippen LogP contribution in [0.5, 0.6) is 0 Å². The van der Waals surface area contributed by atoms with Crippen LogP contribution in [0.1, 0.15) is 49.8 Å². The minimum atomic E-state index is 0. The molecule has 0 bridgehead atoms. The summed E-state index contributed by atoms with van der Waals surface area (Å²) >= 11 is 1.82. The summed E-state index contributed by atoms with van der Waals surface area (Å²) in [6, 6.07) is 4.62. The van der Waals surface area contributed by atoms with Crippen LogP contribution < -0.4 is 11.1 Å². The Morgan fingerprint density at radius 2 is 2.19 bits per heavy atom. The molecule has 1 amide bonds. The lowest BCUT2D eigenvalue weighted by molar-refractivity contribution is -0.122. The molecule has 2 rings (SSSR count). The van der Waals surface area contributed by atoms with Gasteiger partial charge in [-0.1, -0.05) is 18.9 Å². The first-order valence-corrected chi connectivity index (χ1v) is 8.69. The van der Waals surface area contributed by atoms with Gasteiger partial charge in [-0.15, -0.1) is 23.7 Å². The number of aryl methyl sites for hydroxylation is 1. The molecular weight excluding hydrogens is 304 g/mol. The zero-order valence-corrected chi connectivity index (χ0v) is 14.2. The second-order valence-corrected chi connectivity index (χ2v) is 6.77. The molecule has 1 aliphatic carbocycles. The number of nitrogens with one attached hydrogen (secondary N) is 1. The molecule has 5 heteroatoms. The molecule has 1 aromatic heterocycles. The molecule has 3 N–H and O–H groups in total. The molecule has 1 fully saturated rings. The molecule has 1 saturated carbocycles. The standard InChI is InChI=1S/C16H26N2OS.ClH/c17-12-13-6-4-9-15(13)18-16(19)10-3-1-2-7-14-8-5-11-20-14;/h5,8,11,13,15H,1-4,6-7,9-10,12,17H2,(H,18,19);1H. The van der Waals surface area contributed by atoms with E-state index in [1.165, 1.54) is 24.1 Å². The molecule has 0 aromatic carbocycles. The Balaban J connectivity index is 0.00000220. The average Bonchev–Trinajstić information content (AvgIpc) is 3.09. The van der Waals surface area contributed by atoms with E-state index in [4.69, 9.17) is 5.73 Å². The molecule has 1 heterocycles. The number of hydrogen-bond donors (Lipinski definition) is 2. The Morgan fingerprint density at radius 1 is 1.33 bits per heavy atom. The molecule has 1 aliphatic rings. The third kappa shape index (κ3) is 6.37. The lowest BCUT2D eigenvalue weighted by atomic mass is 10.0. The Hall–Kier alpha value is -0.580. The van der Waals surface area contributed by atoms with Crippen LogP contribution in [0.4, 0.5) is 0 Å². The Labute approximate surface area is 138 Å². The van der Waals surface area contributed by atoms with Crippen LogP contribution in [0.25, 0.3) is 0 Å². The fraction of sp³-hybridized carbons (Fsp3) is 0.688. The van der Waals surface area contributed by atoms with E-state index in [0.717, 1.165) is 25.7 Å². The molecule has 0 saturated heterocycles. The maximum absolute atomic E-state index is 11.9. The van der Waals surface area contributed by atoms with Crippen LogP contribution >= 0.6 is 23.7 Å². The van der Waals surface area contributed by atoms with Crippen molar-refractivity contribution in [1.82, 2.24) is 5.32 Å². The zero-order chi connectivity index (χ0) is 14.2. The van der Waals surface area contributed by atoms with Crippen LogP contribution in [0.2, 0.25) is 0 Å². The molecule has 3 nitrogen and oxygen atoms in total. The van der Waals surface area contributed by atoms with Gasteiger partial charge in [-0.2, -0.15) is 0 Å². The second kappa shape index (κ2) is 10.2. The Kier molecular flexibility index (Phi) is 8.97. The first-order valence-electron chi connectivity index (χ1n) is 7.81. The quantitative estimate of drug-likeness (QED) is 0.716. The van der Waals surface area contributed by atoms with Crippen molar-refractivity contribution in [1.29, 1.82) is 0 Å². The molecule has 21 heavy (non-hydrogen) atoms. The molecule has 0 spiro atoms. The summed E-state index contributed by atoms with van der Waals surface area (Å²) in [5, 5.41) is 5.29. The summed E-state index contributed by atoms with van der Waals surface area (Å²) in [5.74, 6) is 0.712. The Morgan fingerprint density at radius 3 is 2.90 bits per heavy atom. The van der Waals surface area contributed by atoms with Gasteiger partial charge < -0.3 is 11.1 Å². The van der Waals surface area contributed by atoms with Crippen molar-refractivity contribution < 1.29 is 4.79 Å². The van der Waals surface area contributed by atoms with Gasteiger partial charge in [0, 0.05) is 17.3 Å². The van der Waals surface area contributed by atoms with E-state index >= 15 is 0 Å². The van der Waals surface area contributed by atoms with Crippen molar-refractivity contribution in [3.8, 4) is 0 Å². The number of halogens is 1. The van der Waals surface area contributed by atoms with Gasteiger partial charge in [0.25, 0.3) is 0 Å². The van der Waals surface area contributed by atoms with Gasteiger partial charge >= 0.3 is 0 Å². The van der Waals surface area contributed by atoms with Crippen molar-refractivity contribution in [2.45, 2.75) is 57.4 Å². The number of carbonyl (C=O) groups is 1. The number of carbonyl (C=O) groups excluding carboxylic acids is 1. The van der Waals surface area contributed by atoms with Gasteiger partial charge in [-0.05, 0) is 56.0 Å². The predicted molar refractivity (Wildman–Crippen MR) is 92.1 cm³/mol. The SMILES string of the molecule is Cl.NCC1CCCC1NC(=O)CCCCCc1cccs1. The van der Waals surface area contributed by atoms with Crippen molar-refractivity contribution in [3.63, 3.8) is 0 Å². The van der Waals surface area contributed by atoms with Gasteiger partial charge in [0.2, 0.25) is 5.91 Å². The maximum Gasteiger partial charge on any atom is 0.220 e. The molecule has 2 atom stereocenters. The molecule has 1 aromatic rings. The van der Waals surface area contributed by atoms with Crippen LogP contribution in [0, 0.1) is 5.92 Å². The molecule has 2 unspecified atom stereocenters. The summed E-state index contributed by atoms with van der Waals surface area (Å²) in [4.78, 5) is 13.4. The minimum absolute atomic E-state index is 0.